The van der Waals surface area contributed by atoms with E-state index in [1.807, 2.05) is 6.07 Å². The number of allylic oxidation sites excluding steroid dienone is 1. The van der Waals surface area contributed by atoms with Gasteiger partial charge < -0.3 is 16.2 Å². The summed E-state index contributed by atoms with van der Waals surface area (Å²) in [6.07, 6.45) is 6.15. The molecule has 2 aliphatic rings. The fourth-order valence-corrected chi connectivity index (χ4v) is 5.81. The Morgan fingerprint density at radius 1 is 1.03 bits per heavy atom. The topological polar surface area (TPSA) is 92.2 Å². The summed E-state index contributed by atoms with van der Waals surface area (Å²) < 4.78 is 2.18. The molecule has 4 N–H and O–H groups in total. The van der Waals surface area contributed by atoms with Gasteiger partial charge in [-0.25, -0.2) is 4.98 Å². The van der Waals surface area contributed by atoms with E-state index in [2.05, 4.69) is 70.2 Å². The lowest BCUT2D eigenvalue weighted by atomic mass is 9.88. The summed E-state index contributed by atoms with van der Waals surface area (Å²) >= 11 is 0. The van der Waals surface area contributed by atoms with Crippen molar-refractivity contribution in [1.82, 2.24) is 19.4 Å². The lowest BCUT2D eigenvalue weighted by molar-refractivity contribution is 0.226. The zero-order chi connectivity index (χ0) is 26.8. The molecule has 7 nitrogen and oxygen atoms in total. The van der Waals surface area contributed by atoms with Crippen LogP contribution >= 0.6 is 0 Å². The number of aliphatic hydroxyl groups excluding tert-OH is 1. The molecule has 0 bridgehead atoms. The Kier molecular flexibility index (Phi) is 7.35. The van der Waals surface area contributed by atoms with Crippen molar-refractivity contribution in [3.05, 3.63) is 88.2 Å². The third-order valence-electron chi connectivity index (χ3n) is 8.18. The molecule has 1 saturated carbocycles. The van der Waals surface area contributed by atoms with E-state index < -0.39 is 0 Å². The first-order valence-corrected chi connectivity index (χ1v) is 14.2. The van der Waals surface area contributed by atoms with Gasteiger partial charge in [-0.15, -0.1) is 0 Å². The van der Waals surface area contributed by atoms with Gasteiger partial charge >= 0.3 is 0 Å². The van der Waals surface area contributed by atoms with Crippen molar-refractivity contribution in [2.75, 3.05) is 25.0 Å². The largest absolute Gasteiger partial charge is 0.398 e. The summed E-state index contributed by atoms with van der Waals surface area (Å²) in [6, 6.07) is 19.0. The molecule has 4 aromatic rings. The van der Waals surface area contributed by atoms with Gasteiger partial charge in [0.05, 0.1) is 11.2 Å². The monoisotopic (exact) mass is 522 g/mol. The van der Waals surface area contributed by atoms with E-state index >= 15 is 0 Å². The van der Waals surface area contributed by atoms with E-state index in [0.717, 1.165) is 91.1 Å². The number of nitrogens with two attached hydrogens (primary N) is 1. The highest BCUT2D eigenvalue weighted by Gasteiger charge is 2.24. The molecule has 0 saturated heterocycles. The number of nitrogens with zero attached hydrogens (tertiary/aromatic N) is 4. The fourth-order valence-electron chi connectivity index (χ4n) is 5.81. The maximum absolute atomic E-state index is 9.24. The SMILES string of the molecule is Cc1cc2c(C(N)=C3CCC3)cccc2n1-c1nc2c(c(NCc3ccccc3)n1)CCN(CCCCO)C2. The minimum atomic E-state index is 0.244. The Labute approximate surface area is 230 Å². The standard InChI is InChI=1S/C32H38N6O/c1-22-19-27-25(30(33)24-11-7-12-24)13-8-14-29(27)38(22)32-35-28-21-37(16-5-6-18-39)17-15-26(28)31(36-32)34-20-23-9-3-2-4-10-23/h2-4,8-10,13-14,19,39H,5-7,11-12,15-18,20-21,33H2,1H3,(H,34,35,36). The van der Waals surface area contributed by atoms with E-state index in [0.29, 0.717) is 12.5 Å². The molecule has 2 aromatic heterocycles. The van der Waals surface area contributed by atoms with Crippen molar-refractivity contribution < 1.29 is 5.11 Å². The van der Waals surface area contributed by atoms with Crippen LogP contribution in [0.25, 0.3) is 22.5 Å². The van der Waals surface area contributed by atoms with Gasteiger partial charge in [0.1, 0.15) is 5.82 Å². The van der Waals surface area contributed by atoms with Crippen molar-refractivity contribution in [3.8, 4) is 5.95 Å². The van der Waals surface area contributed by atoms with Gasteiger partial charge in [0.25, 0.3) is 0 Å². The third-order valence-corrected chi connectivity index (χ3v) is 8.18. The van der Waals surface area contributed by atoms with E-state index in [-0.39, 0.29) is 6.61 Å². The number of unbranched alkanes of at least 4 members (excludes halogenated alkanes) is 1. The summed E-state index contributed by atoms with van der Waals surface area (Å²) in [4.78, 5) is 12.8. The van der Waals surface area contributed by atoms with E-state index in [1.165, 1.54) is 23.1 Å². The molecule has 0 atom stereocenters. The molecule has 0 spiro atoms. The van der Waals surface area contributed by atoms with Crippen molar-refractivity contribution in [3.63, 3.8) is 0 Å². The quantitative estimate of drug-likeness (QED) is 0.258. The average Bonchev–Trinajstić information content (AvgIpc) is 3.27. The van der Waals surface area contributed by atoms with Crippen LogP contribution in [0.4, 0.5) is 5.82 Å². The number of aryl methyl sites for hydroxylation is 1. The molecular formula is C32H38N6O. The molecule has 6 rings (SSSR count). The van der Waals surface area contributed by atoms with Crippen molar-refractivity contribution in [2.24, 2.45) is 5.73 Å². The molecular weight excluding hydrogens is 484 g/mol. The molecule has 0 unspecified atom stereocenters. The predicted octanol–water partition coefficient (Wildman–Crippen LogP) is 5.33. The highest BCUT2D eigenvalue weighted by molar-refractivity contribution is 5.94. The fraction of sp³-hybridized carbons (Fsp3) is 0.375. The summed E-state index contributed by atoms with van der Waals surface area (Å²) in [7, 11) is 0. The molecule has 0 radical (unpaired) electrons. The van der Waals surface area contributed by atoms with Crippen LogP contribution < -0.4 is 11.1 Å². The molecule has 202 valence electrons. The molecule has 7 heteroatoms. The number of anilines is 1. The van der Waals surface area contributed by atoms with Crippen LogP contribution in [0.5, 0.6) is 0 Å². The Morgan fingerprint density at radius 3 is 2.64 bits per heavy atom. The minimum absolute atomic E-state index is 0.244. The van der Waals surface area contributed by atoms with E-state index in [4.69, 9.17) is 15.7 Å². The molecule has 1 aliphatic heterocycles. The normalized spacial score (nSPS) is 15.3. The van der Waals surface area contributed by atoms with Gasteiger partial charge in [0, 0.05) is 54.1 Å². The number of hydrogen-bond donors (Lipinski definition) is 3. The summed E-state index contributed by atoms with van der Waals surface area (Å²) in [5.41, 5.74) is 15.7. The molecule has 0 amide bonds. The minimum Gasteiger partial charge on any atom is -0.398 e. The van der Waals surface area contributed by atoms with Crippen molar-refractivity contribution >= 4 is 22.4 Å². The number of hydrogen-bond acceptors (Lipinski definition) is 6. The van der Waals surface area contributed by atoms with Crippen LogP contribution in [-0.2, 0) is 19.5 Å². The number of rotatable bonds is 9. The Morgan fingerprint density at radius 2 is 1.87 bits per heavy atom. The number of aliphatic hydroxyl groups is 1. The lowest BCUT2D eigenvalue weighted by Crippen LogP contribution is -2.33. The number of aromatic nitrogens is 3. The maximum atomic E-state index is 9.24. The predicted molar refractivity (Wildman–Crippen MR) is 158 cm³/mol. The molecule has 1 fully saturated rings. The Hall–Kier alpha value is -3.68. The number of fused-ring (bicyclic) bond motifs is 2. The van der Waals surface area contributed by atoms with E-state index in [9.17, 15) is 5.11 Å². The number of nitrogens with one attached hydrogen (secondary N) is 1. The maximum Gasteiger partial charge on any atom is 0.236 e. The molecule has 39 heavy (non-hydrogen) atoms. The average molecular weight is 523 g/mol. The summed E-state index contributed by atoms with van der Waals surface area (Å²) in [5, 5.41) is 14.0. The second kappa shape index (κ2) is 11.2. The highest BCUT2D eigenvalue weighted by Crippen LogP contribution is 2.35. The zero-order valence-electron chi connectivity index (χ0n) is 22.8. The smallest absolute Gasteiger partial charge is 0.236 e. The summed E-state index contributed by atoms with van der Waals surface area (Å²) in [5.74, 6) is 1.61. The molecule has 3 heterocycles. The van der Waals surface area contributed by atoms with Crippen molar-refractivity contribution in [2.45, 2.75) is 58.5 Å². The van der Waals surface area contributed by atoms with Crippen LogP contribution in [0.3, 0.4) is 0 Å². The van der Waals surface area contributed by atoms with Gasteiger partial charge in [-0.1, -0.05) is 42.5 Å². The second-order valence-electron chi connectivity index (χ2n) is 10.8. The van der Waals surface area contributed by atoms with Crippen LogP contribution in [0.15, 0.2) is 60.2 Å². The highest BCUT2D eigenvalue weighted by atomic mass is 16.2. The van der Waals surface area contributed by atoms with Gasteiger partial charge in [-0.2, -0.15) is 4.98 Å². The van der Waals surface area contributed by atoms with Crippen LogP contribution in [0.1, 0.15) is 60.2 Å². The van der Waals surface area contributed by atoms with Crippen LogP contribution in [0, 0.1) is 6.92 Å². The van der Waals surface area contributed by atoms with Gasteiger partial charge in [-0.05, 0) is 75.3 Å². The lowest BCUT2D eigenvalue weighted by Gasteiger charge is -2.29. The first kappa shape index (κ1) is 25.6. The number of benzene rings is 2. The Bertz CT molecular complexity index is 1500. The third kappa shape index (κ3) is 5.16. The first-order valence-electron chi connectivity index (χ1n) is 14.2. The molecule has 1 aliphatic carbocycles. The first-order chi connectivity index (χ1) is 19.1. The van der Waals surface area contributed by atoms with E-state index in [1.54, 1.807) is 0 Å². The molecule has 2 aromatic carbocycles. The second-order valence-corrected chi connectivity index (χ2v) is 10.8. The van der Waals surface area contributed by atoms with Gasteiger partial charge in [-0.3, -0.25) is 9.47 Å². The van der Waals surface area contributed by atoms with Gasteiger partial charge in [0.15, 0.2) is 0 Å². The Balaban J connectivity index is 1.41. The van der Waals surface area contributed by atoms with Crippen LogP contribution in [-0.4, -0.2) is 44.2 Å². The summed E-state index contributed by atoms with van der Waals surface area (Å²) in [6.45, 7) is 5.81. The van der Waals surface area contributed by atoms with Crippen molar-refractivity contribution in [1.29, 1.82) is 0 Å². The van der Waals surface area contributed by atoms with Crippen LogP contribution in [0.2, 0.25) is 0 Å². The zero-order valence-corrected chi connectivity index (χ0v) is 22.8. The van der Waals surface area contributed by atoms with Gasteiger partial charge in [0.2, 0.25) is 5.95 Å².